The third-order valence-corrected chi connectivity index (χ3v) is 22.0. The molecule has 28 atom stereocenters. The van der Waals surface area contributed by atoms with Crippen molar-refractivity contribution in [1.82, 2.24) is 52.8 Å². The Morgan fingerprint density at radius 2 is 1.29 bits per heavy atom. The number of hydrogen-bond donors (Lipinski definition) is 23. The zero-order valence-corrected chi connectivity index (χ0v) is 55.6. The Labute approximate surface area is 578 Å². The highest BCUT2D eigenvalue weighted by Crippen LogP contribution is 2.72. The molecule has 6 amide bonds. The van der Waals surface area contributed by atoms with Gasteiger partial charge in [-0.05, 0) is 47.4 Å². The molecule has 2 aromatic rings. The molecule has 7 heterocycles. The van der Waals surface area contributed by atoms with E-state index in [2.05, 4.69) is 68.6 Å². The summed E-state index contributed by atoms with van der Waals surface area (Å²) in [5, 5.41) is 173. The first-order chi connectivity index (χ1) is 47.9. The number of nitrogens with zero attached hydrogens (tertiary/aromatic N) is 1. The Bertz CT molecular complexity index is 3350. The Balaban J connectivity index is 0.844. The number of amides is 6. The van der Waals surface area contributed by atoms with Gasteiger partial charge < -0.3 is 147 Å². The summed E-state index contributed by atoms with van der Waals surface area (Å²) in [5.74, 6) is -9.89. The molecule has 101 heavy (non-hydrogen) atoms. The van der Waals surface area contributed by atoms with Crippen LogP contribution in [0.25, 0.3) is 0 Å². The largest absolute Gasteiger partial charge is 0.462 e. The third kappa shape index (κ3) is 14.5. The molecular formula is C64H92N12O25. The number of hydrogen-bond acceptors (Lipinski definition) is 27. The van der Waals surface area contributed by atoms with Crippen molar-refractivity contribution in [3.05, 3.63) is 65.7 Å². The Morgan fingerprint density at radius 1 is 0.634 bits per heavy atom. The second-order valence-corrected chi connectivity index (χ2v) is 28.1. The van der Waals surface area contributed by atoms with Crippen LogP contribution in [-0.4, -0.2) is 312 Å². The molecule has 0 radical (unpaired) electrons. The van der Waals surface area contributed by atoms with Gasteiger partial charge in [0.1, 0.15) is 121 Å². The molecule has 11 rings (SSSR count). The minimum absolute atomic E-state index is 0.0227. The summed E-state index contributed by atoms with van der Waals surface area (Å²) in [6, 6.07) is 1.02. The second-order valence-electron chi connectivity index (χ2n) is 28.1. The number of aliphatic hydroxyl groups is 12. The van der Waals surface area contributed by atoms with Gasteiger partial charge in [0.05, 0.1) is 45.1 Å². The average molecular weight is 1430 g/mol. The second kappa shape index (κ2) is 30.3. The summed E-state index contributed by atoms with van der Waals surface area (Å²) in [6.07, 6.45) is -27.2. The molecule has 28 unspecified atom stereocenters. The van der Waals surface area contributed by atoms with Crippen LogP contribution >= 0.6 is 0 Å². The number of fused-ring (bicyclic) bond motifs is 4. The molecule has 2 aliphatic carbocycles. The van der Waals surface area contributed by atoms with E-state index in [9.17, 15) is 80.5 Å². The van der Waals surface area contributed by atoms with Crippen LogP contribution in [0.5, 0.6) is 5.75 Å². The van der Waals surface area contributed by atoms with Gasteiger partial charge in [0.2, 0.25) is 41.7 Å². The van der Waals surface area contributed by atoms with Gasteiger partial charge in [0.25, 0.3) is 0 Å². The van der Waals surface area contributed by atoms with Gasteiger partial charge in [0, 0.05) is 37.3 Å². The van der Waals surface area contributed by atoms with E-state index in [1.54, 1.807) is 37.3 Å². The number of rotatable bonds is 16. The van der Waals surface area contributed by atoms with Gasteiger partial charge in [-0.1, -0.05) is 70.2 Å². The van der Waals surface area contributed by atoms with E-state index in [1.807, 2.05) is 0 Å². The van der Waals surface area contributed by atoms with Crippen LogP contribution in [0.15, 0.2) is 54.6 Å². The van der Waals surface area contributed by atoms with E-state index in [0.717, 1.165) is 17.7 Å². The summed E-state index contributed by atoms with van der Waals surface area (Å²) >= 11 is 0. The normalized spacial score (nSPS) is 41.0. The van der Waals surface area contributed by atoms with Gasteiger partial charge in [0.15, 0.2) is 30.2 Å². The molecule has 558 valence electrons. The molecule has 2 aromatic carbocycles. The fourth-order valence-corrected chi connectivity index (χ4v) is 15.4. The molecule has 23 N–H and O–H groups in total. The molecule has 0 aromatic heterocycles. The van der Waals surface area contributed by atoms with E-state index < -0.39 is 244 Å². The first kappa shape index (κ1) is 75.1. The first-order valence-corrected chi connectivity index (χ1v) is 33.6. The topological polar surface area (TPSA) is 569 Å². The van der Waals surface area contributed by atoms with E-state index in [4.69, 9.17) is 44.0 Å². The highest BCUT2D eigenvalue weighted by atomic mass is 16.8. The van der Waals surface area contributed by atoms with Crippen molar-refractivity contribution in [3.63, 3.8) is 0 Å². The molecule has 9 aliphatic rings. The number of benzene rings is 2. The van der Waals surface area contributed by atoms with Crippen LogP contribution < -0.4 is 52.6 Å². The predicted octanol–water partition coefficient (Wildman–Crippen LogP) is -9.59. The molecular weight excluding hydrogens is 1340 g/mol. The van der Waals surface area contributed by atoms with E-state index in [0.29, 0.717) is 17.9 Å². The van der Waals surface area contributed by atoms with Crippen LogP contribution in [0.1, 0.15) is 64.0 Å². The van der Waals surface area contributed by atoms with Gasteiger partial charge >= 0.3 is 0 Å². The van der Waals surface area contributed by atoms with Crippen LogP contribution in [-0.2, 0) is 63.6 Å². The lowest BCUT2D eigenvalue weighted by Gasteiger charge is -2.56. The molecule has 1 spiro atoms. The maximum atomic E-state index is 15.2. The number of carbonyl (C=O) groups excluding carboxylic acids is 6. The van der Waals surface area contributed by atoms with E-state index >= 15 is 9.59 Å². The number of aliphatic hydroxyl groups excluding tert-OH is 12. The van der Waals surface area contributed by atoms with Gasteiger partial charge in [-0.25, -0.2) is 0 Å². The predicted molar refractivity (Wildman–Crippen MR) is 341 cm³/mol. The lowest BCUT2D eigenvalue weighted by molar-refractivity contribution is -0.422. The lowest BCUT2D eigenvalue weighted by atomic mass is 9.68. The van der Waals surface area contributed by atoms with Gasteiger partial charge in [-0.3, -0.25) is 39.6 Å². The van der Waals surface area contributed by atoms with Crippen molar-refractivity contribution in [2.75, 3.05) is 46.1 Å². The number of carbonyl (C=O) groups is 6. The molecule has 2 saturated carbocycles. The number of guanidine groups is 2. The van der Waals surface area contributed by atoms with Crippen LogP contribution in [0.4, 0.5) is 0 Å². The maximum absolute atomic E-state index is 15.2. The maximum Gasteiger partial charge on any atom is 0.246 e. The standard InChI is InChI=1S/C64H92N12O25/c1-25(27-8-6-5-7-9-27)38-54(92)70-30(16-26-10-12-29(13-11-26)96-58-48(88)45(85)50(35(23-79)98-58)100-59-49(89)46(86)51-36(99-59)24-95-64(101-51)17-28-14-15-63(64,4)62(28,2)3)53(91)74-39(41(81)31-18-68-60(65)72-31)56(94)75-40(55(93)71-32(21-77)52(90)67-20-37(80)73-38)42(82)33-19-69-61(66)76(33)57-47(87)44(84)43(83)34(22-78)97-57/h5-13,25,28,30-36,38-51,57-59,77-79,81-89H,14-24H2,1-4H3,(H2,66,69)(H,67,90)(H,70,92)(H,71,93)(H,73,80)(H,74,91)(H,75,94)(H3,65,68,72). The Hall–Kier alpha value is -7.12. The zero-order chi connectivity index (χ0) is 72.9. The van der Waals surface area contributed by atoms with Gasteiger partial charge in [-0.2, -0.15) is 0 Å². The molecule has 7 saturated heterocycles. The highest BCUT2D eigenvalue weighted by molar-refractivity contribution is 5.98. The van der Waals surface area contributed by atoms with E-state index in [1.165, 1.54) is 24.3 Å². The summed E-state index contributed by atoms with van der Waals surface area (Å²) in [7, 11) is 0. The van der Waals surface area contributed by atoms with E-state index in [-0.39, 0.29) is 35.8 Å². The SMILES string of the molecule is CC(c1ccccc1)C1NC(=O)CNC(=O)C(CO)NC(=O)C(C(O)C2CNC(=N)N2C2OC(CO)C(O)C(O)C2O)NC(=O)C(C(O)C2CNC(=N)N2)NC(=O)C(Cc2ccc(OC3OC(CO)C(OC4OC5COC6(CC7CCC6(C)C7(C)C)OC5C(O)C4O)C(O)C3O)cc2)NC1=O. The molecule has 7 aliphatic heterocycles. The summed E-state index contributed by atoms with van der Waals surface area (Å²) in [4.78, 5) is 88.4. The summed E-state index contributed by atoms with van der Waals surface area (Å²) < 4.78 is 42.8. The van der Waals surface area contributed by atoms with Crippen molar-refractivity contribution in [2.24, 2.45) is 16.7 Å². The fourth-order valence-electron chi connectivity index (χ4n) is 15.4. The van der Waals surface area contributed by atoms with Crippen LogP contribution in [0.2, 0.25) is 0 Å². The zero-order valence-electron chi connectivity index (χ0n) is 55.6. The molecule has 37 nitrogen and oxygen atoms in total. The van der Waals surface area contributed by atoms with Crippen LogP contribution in [0.3, 0.4) is 0 Å². The molecule has 2 bridgehead atoms. The Morgan fingerprint density at radius 3 is 1.93 bits per heavy atom. The van der Waals surface area contributed by atoms with Crippen molar-refractivity contribution >= 4 is 47.4 Å². The highest BCUT2D eigenvalue weighted by Gasteiger charge is 2.73. The van der Waals surface area contributed by atoms with Crippen molar-refractivity contribution in [2.45, 2.75) is 212 Å². The smallest absolute Gasteiger partial charge is 0.246 e. The minimum Gasteiger partial charge on any atom is -0.462 e. The lowest BCUT2D eigenvalue weighted by Crippen LogP contribution is -2.69. The number of ether oxygens (including phenoxy) is 7. The monoisotopic (exact) mass is 1430 g/mol. The quantitative estimate of drug-likeness (QED) is 0.0742. The third-order valence-electron chi connectivity index (χ3n) is 22.0. The average Bonchev–Trinajstić information content (AvgIpc) is 1.52. The van der Waals surface area contributed by atoms with Crippen molar-refractivity contribution in [1.29, 1.82) is 10.8 Å². The first-order valence-electron chi connectivity index (χ1n) is 33.6. The van der Waals surface area contributed by atoms with Gasteiger partial charge in [-0.15, -0.1) is 0 Å². The summed E-state index contributed by atoms with van der Waals surface area (Å²) in [6.45, 7) is 3.48. The minimum atomic E-state index is -2.35. The fraction of sp³-hybridized carbons (Fsp3) is 0.688. The Kier molecular flexibility index (Phi) is 22.5. The molecule has 37 heteroatoms. The van der Waals surface area contributed by atoms with Crippen LogP contribution in [0, 0.1) is 27.6 Å². The number of nitrogens with one attached hydrogen (secondary N) is 11. The van der Waals surface area contributed by atoms with Crippen molar-refractivity contribution in [3.8, 4) is 5.75 Å². The molecule has 9 fully saturated rings. The van der Waals surface area contributed by atoms with Crippen molar-refractivity contribution < 1.29 is 123 Å². The summed E-state index contributed by atoms with van der Waals surface area (Å²) in [5.41, 5.74) is 0.212.